The molecule has 2 fully saturated rings. The zero-order valence-corrected chi connectivity index (χ0v) is 12.9. The number of ether oxygens (including phenoxy) is 1. The van der Waals surface area contributed by atoms with Crippen molar-refractivity contribution in [2.24, 2.45) is 20.7 Å². The molecule has 4 aliphatic rings. The molecule has 0 aromatic rings. The molecule has 0 saturated carbocycles. The van der Waals surface area contributed by atoms with Gasteiger partial charge in [-0.25, -0.2) is 9.57 Å². The number of nitrogens with zero attached hydrogens (tertiary/aromatic N) is 4. The summed E-state index contributed by atoms with van der Waals surface area (Å²) >= 11 is 4.81. The Kier molecular flexibility index (Phi) is 3.28. The SMILES string of the molecule is NC1=NCN=C2C1=NC=[N+]2[C@@H]1O[C@@H]2COP(O)(=S)O[C@H]2[C@H]1O. The van der Waals surface area contributed by atoms with Crippen LogP contribution in [0.5, 0.6) is 0 Å². The van der Waals surface area contributed by atoms with Gasteiger partial charge in [-0.1, -0.05) is 0 Å². The Labute approximate surface area is 129 Å². The molecule has 118 valence electrons. The van der Waals surface area contributed by atoms with Crippen molar-refractivity contribution in [3.63, 3.8) is 0 Å². The summed E-state index contributed by atoms with van der Waals surface area (Å²) in [6.07, 6.45) is -1.64. The van der Waals surface area contributed by atoms with E-state index in [1.807, 2.05) is 0 Å². The van der Waals surface area contributed by atoms with Gasteiger partial charge in [-0.3, -0.25) is 4.52 Å². The lowest BCUT2D eigenvalue weighted by Gasteiger charge is -2.30. The molecule has 4 rings (SSSR count). The largest absolute Gasteiger partial charge is 0.384 e. The van der Waals surface area contributed by atoms with Crippen LogP contribution < -0.4 is 5.73 Å². The lowest BCUT2D eigenvalue weighted by molar-refractivity contribution is -0.517. The van der Waals surface area contributed by atoms with Crippen LogP contribution in [0.25, 0.3) is 0 Å². The summed E-state index contributed by atoms with van der Waals surface area (Å²) in [5.74, 6) is 0.777. The van der Waals surface area contributed by atoms with Gasteiger partial charge in [0.1, 0.15) is 18.3 Å². The molecule has 4 aliphatic heterocycles. The van der Waals surface area contributed by atoms with Crippen molar-refractivity contribution in [2.45, 2.75) is 24.5 Å². The Morgan fingerprint density at radius 2 is 2.27 bits per heavy atom. The normalized spacial score (nSPS) is 43.7. The van der Waals surface area contributed by atoms with Gasteiger partial charge in [0.25, 0.3) is 5.71 Å². The number of hydrogen-bond acceptors (Lipinski definition) is 9. The lowest BCUT2D eigenvalue weighted by atomic mass is 10.1. The van der Waals surface area contributed by atoms with Crippen molar-refractivity contribution in [3.8, 4) is 0 Å². The van der Waals surface area contributed by atoms with Crippen LogP contribution >= 0.6 is 6.72 Å². The van der Waals surface area contributed by atoms with Crippen LogP contribution in [0.4, 0.5) is 0 Å². The van der Waals surface area contributed by atoms with Crippen LogP contribution in [0.1, 0.15) is 0 Å². The summed E-state index contributed by atoms with van der Waals surface area (Å²) in [6.45, 7) is -3.07. The van der Waals surface area contributed by atoms with Gasteiger partial charge < -0.3 is 25.0 Å². The van der Waals surface area contributed by atoms with Crippen molar-refractivity contribution in [1.82, 2.24) is 0 Å². The fourth-order valence-corrected chi connectivity index (χ4v) is 4.14. The molecule has 22 heavy (non-hydrogen) atoms. The molecule has 0 aromatic carbocycles. The molecule has 0 spiro atoms. The Morgan fingerprint density at radius 1 is 1.45 bits per heavy atom. The van der Waals surface area contributed by atoms with E-state index in [1.54, 1.807) is 4.58 Å². The zero-order chi connectivity index (χ0) is 15.5. The van der Waals surface area contributed by atoms with Crippen molar-refractivity contribution in [2.75, 3.05) is 13.3 Å². The van der Waals surface area contributed by atoms with Gasteiger partial charge in [0.15, 0.2) is 12.5 Å². The second-order valence-corrected chi connectivity index (χ2v) is 7.85. The third kappa shape index (κ3) is 2.17. The van der Waals surface area contributed by atoms with E-state index in [2.05, 4.69) is 15.0 Å². The monoisotopic (exact) mass is 346 g/mol. The van der Waals surface area contributed by atoms with Crippen molar-refractivity contribution in [1.29, 1.82) is 0 Å². The molecular formula is C10H13N5O5PS+. The van der Waals surface area contributed by atoms with E-state index in [1.165, 1.54) is 6.34 Å². The fourth-order valence-electron chi connectivity index (χ4n) is 2.70. The molecule has 0 radical (unpaired) electrons. The van der Waals surface area contributed by atoms with Crippen LogP contribution in [0.15, 0.2) is 15.0 Å². The quantitative estimate of drug-likeness (QED) is 0.367. The number of rotatable bonds is 1. The van der Waals surface area contributed by atoms with Gasteiger partial charge in [-0.05, 0) is 11.8 Å². The van der Waals surface area contributed by atoms with E-state index in [0.29, 0.717) is 17.4 Å². The van der Waals surface area contributed by atoms with Gasteiger partial charge >= 0.3 is 12.6 Å². The van der Waals surface area contributed by atoms with Crippen molar-refractivity contribution in [3.05, 3.63) is 0 Å². The number of nitrogens with two attached hydrogens (primary N) is 1. The third-order valence-corrected chi connectivity index (χ3v) is 5.27. The minimum Gasteiger partial charge on any atom is -0.384 e. The van der Waals surface area contributed by atoms with E-state index >= 15 is 0 Å². The standard InChI is InChI=1S/C10H12N5O5PS/c11-8-5-9(13-2-12-8)15(3-14-5)10-6(16)7-4(19-10)1-18-21(17,22)20-7/h3-4,6-7,10,16H,1-2H2,(H2-,11,12,17,22)/p+1/t4-,6-,7-,10-,21?/m1/s1. The molecular weight excluding hydrogens is 333 g/mol. The van der Waals surface area contributed by atoms with Crippen LogP contribution in [-0.4, -0.2) is 76.1 Å². The van der Waals surface area contributed by atoms with Crippen LogP contribution in [0.2, 0.25) is 0 Å². The first-order chi connectivity index (χ1) is 10.5. The molecule has 2 saturated heterocycles. The average Bonchev–Trinajstić information content (AvgIpc) is 3.01. The van der Waals surface area contributed by atoms with Crippen molar-refractivity contribution >= 4 is 42.2 Å². The summed E-state index contributed by atoms with van der Waals surface area (Å²) in [4.78, 5) is 22.1. The first-order valence-electron chi connectivity index (χ1n) is 6.50. The molecule has 5 atom stereocenters. The van der Waals surface area contributed by atoms with Gasteiger partial charge in [0, 0.05) is 0 Å². The molecule has 12 heteroatoms. The molecule has 0 aliphatic carbocycles. The van der Waals surface area contributed by atoms with Crippen LogP contribution in [-0.2, 0) is 25.6 Å². The van der Waals surface area contributed by atoms with E-state index < -0.39 is 31.3 Å². The molecule has 0 bridgehead atoms. The minimum absolute atomic E-state index is 0.0592. The highest BCUT2D eigenvalue weighted by Gasteiger charge is 2.54. The van der Waals surface area contributed by atoms with Crippen LogP contribution in [0.3, 0.4) is 0 Å². The Balaban J connectivity index is 1.59. The van der Waals surface area contributed by atoms with Gasteiger partial charge in [-0.2, -0.15) is 0 Å². The Bertz CT molecular complexity index is 706. The molecule has 0 aromatic heterocycles. The van der Waals surface area contributed by atoms with E-state index in [-0.39, 0.29) is 13.3 Å². The predicted octanol–water partition coefficient (Wildman–Crippen LogP) is -2.07. The topological polar surface area (TPSA) is 134 Å². The van der Waals surface area contributed by atoms with E-state index in [0.717, 1.165) is 0 Å². The number of fused-ring (bicyclic) bond motifs is 2. The van der Waals surface area contributed by atoms with E-state index in [9.17, 15) is 10.00 Å². The first-order valence-corrected chi connectivity index (χ1v) is 9.09. The first kappa shape index (κ1) is 14.5. The highest BCUT2D eigenvalue weighted by molar-refractivity contribution is 8.07. The summed E-state index contributed by atoms with van der Waals surface area (Å²) in [6, 6.07) is 0. The maximum atomic E-state index is 10.5. The Morgan fingerprint density at radius 3 is 3.09 bits per heavy atom. The number of aliphatic imine (C=N–C) groups is 3. The molecule has 0 amide bonds. The second kappa shape index (κ2) is 4.96. The number of aliphatic hydroxyl groups excluding tert-OH is 1. The van der Waals surface area contributed by atoms with Gasteiger partial charge in [0.2, 0.25) is 12.6 Å². The molecule has 4 heterocycles. The summed E-state index contributed by atoms with van der Waals surface area (Å²) in [7, 11) is 0. The molecule has 10 nitrogen and oxygen atoms in total. The number of hydrogen-bond donors (Lipinski definition) is 3. The average molecular weight is 346 g/mol. The summed E-state index contributed by atoms with van der Waals surface area (Å²) in [5, 5.41) is 10.5. The maximum absolute atomic E-state index is 10.5. The maximum Gasteiger partial charge on any atom is 0.325 e. The van der Waals surface area contributed by atoms with Gasteiger partial charge in [-0.15, -0.1) is 9.98 Å². The van der Waals surface area contributed by atoms with Crippen molar-refractivity contribution < 1.29 is 28.4 Å². The van der Waals surface area contributed by atoms with Gasteiger partial charge in [0.05, 0.1) is 6.61 Å². The number of amidine groups is 2. The minimum atomic E-state index is -3.32. The Hall–Kier alpha value is -1.07. The van der Waals surface area contributed by atoms with Crippen LogP contribution in [0, 0.1) is 0 Å². The second-order valence-electron chi connectivity index (χ2n) is 5.06. The highest BCUT2D eigenvalue weighted by atomic mass is 32.5. The lowest BCUT2D eigenvalue weighted by Crippen LogP contribution is -2.46. The summed E-state index contributed by atoms with van der Waals surface area (Å²) < 4.78 is 17.7. The smallest absolute Gasteiger partial charge is 0.325 e. The molecule has 1 unspecified atom stereocenters. The number of aliphatic hydroxyl groups is 1. The zero-order valence-electron chi connectivity index (χ0n) is 11.1. The summed E-state index contributed by atoms with van der Waals surface area (Å²) in [5.41, 5.74) is 6.21. The molecule has 4 N–H and O–H groups in total. The highest BCUT2D eigenvalue weighted by Crippen LogP contribution is 2.51. The predicted molar refractivity (Wildman–Crippen MR) is 79.7 cm³/mol. The third-order valence-electron chi connectivity index (χ3n) is 3.71. The van der Waals surface area contributed by atoms with E-state index in [4.69, 9.17) is 31.3 Å². The fraction of sp³-hybridized carbons (Fsp3) is 0.600.